The van der Waals surface area contributed by atoms with Gasteiger partial charge in [-0.25, -0.2) is 38.2 Å². The Balaban J connectivity index is 1.05. The Kier molecular flexibility index (Phi) is 13.2. The number of hydrogen-bond acceptors (Lipinski definition) is 23. The largest absolute Gasteiger partial charge is 0.472 e. The van der Waals surface area contributed by atoms with Gasteiger partial charge in [-0.05, 0) is 12.1 Å². The summed E-state index contributed by atoms with van der Waals surface area (Å²) in [5, 5.41) is 10.6. The molecule has 0 amide bonds. The number of aliphatic hydroxyl groups is 1. The molecule has 10 N–H and O–H groups in total. The van der Waals surface area contributed by atoms with E-state index >= 15 is 0 Å². The highest BCUT2D eigenvalue weighted by atomic mass is 31.2. The molecule has 0 aromatic carbocycles. The second-order valence-electron chi connectivity index (χ2n) is 13.6. The van der Waals surface area contributed by atoms with E-state index in [1.54, 1.807) is 0 Å². The molecule has 29 nitrogen and oxygen atoms in total. The van der Waals surface area contributed by atoms with E-state index in [1.807, 2.05) is 0 Å². The van der Waals surface area contributed by atoms with Crippen molar-refractivity contribution in [2.45, 2.75) is 74.6 Å². The average molecular weight is 924 g/mol. The average Bonchev–Trinajstić information content (AvgIpc) is 3.98. The molecule has 32 heteroatoms. The van der Waals surface area contributed by atoms with Crippen LogP contribution in [0.1, 0.15) is 37.9 Å². The van der Waals surface area contributed by atoms with E-state index in [0.717, 1.165) is 16.2 Å². The molecule has 3 saturated heterocycles. The third-order valence-corrected chi connectivity index (χ3v) is 12.5. The van der Waals surface area contributed by atoms with Gasteiger partial charge < -0.3 is 51.2 Å². The predicted molar refractivity (Wildman–Crippen MR) is 201 cm³/mol. The number of rotatable bonds is 17. The van der Waals surface area contributed by atoms with E-state index in [-0.39, 0.29) is 47.9 Å². The highest BCUT2D eigenvalue weighted by Gasteiger charge is 2.47. The van der Waals surface area contributed by atoms with Gasteiger partial charge in [-0.2, -0.15) is 9.97 Å². The van der Waals surface area contributed by atoms with Crippen LogP contribution in [-0.4, -0.2) is 122 Å². The van der Waals surface area contributed by atoms with Gasteiger partial charge in [-0.3, -0.25) is 40.8 Å². The van der Waals surface area contributed by atoms with Crippen molar-refractivity contribution < 1.29 is 74.8 Å². The highest BCUT2D eigenvalue weighted by Crippen LogP contribution is 2.52. The number of imidazole rings is 1. The topological polar surface area (TPSA) is 407 Å². The SMILES string of the molecule is COP(=O)(O)OC[C@H]1O[C@@H](n2ccc(N)nc2=O)C[C@@H]1OP(=O)(O)OC[C@H]1O[C@@H](n2cnc3c(N)ncnc32)C[C@@H]1OP(=O)(O)OC[C@H]1O[C@@H](n2ccc(N)nc2=O)C[C@@H]1O. The number of phosphoric acid groups is 3. The van der Waals surface area contributed by atoms with Crippen LogP contribution < -0.4 is 28.6 Å². The maximum Gasteiger partial charge on any atom is 0.472 e. The van der Waals surface area contributed by atoms with Crippen LogP contribution in [0.4, 0.5) is 17.5 Å². The number of anilines is 3. The summed E-state index contributed by atoms with van der Waals surface area (Å²) >= 11 is 0. The standard InChI is InChI=1S/C29H40N11O18P3/c1-50-59(44,45)51-10-18-15(7-23(55-18)39-5-3-21(31)37-29(39)43)57-61(48,49)53-11-19-16(8-24(56-19)40-13-35-25-26(32)33-12-34-27(25)40)58-60(46,47)52-9-17-14(41)6-22(54-17)38-4-2-20(30)36-28(38)42/h2-5,12-19,22-24,41H,6-11H2,1H3,(H,44,45)(H,46,47)(H,48,49)(H2,30,36,42)(H2,31,37,43)(H2,32,33,34)/t14-,15-,16-,17+,18+,19+,22+,23+,24+/m0/s1. The smallest absolute Gasteiger partial charge is 0.390 e. The van der Waals surface area contributed by atoms with Crippen molar-refractivity contribution in [3.63, 3.8) is 0 Å². The van der Waals surface area contributed by atoms with Crippen LogP contribution >= 0.6 is 23.5 Å². The summed E-state index contributed by atoms with van der Waals surface area (Å²) in [6.45, 7) is -2.24. The summed E-state index contributed by atoms with van der Waals surface area (Å²) in [4.78, 5) is 75.9. The highest BCUT2D eigenvalue weighted by molar-refractivity contribution is 7.48. The summed E-state index contributed by atoms with van der Waals surface area (Å²) < 4.78 is 90.7. The van der Waals surface area contributed by atoms with Crippen LogP contribution in [0.15, 0.2) is 46.8 Å². The minimum atomic E-state index is -5.17. The second kappa shape index (κ2) is 17.9. The lowest BCUT2D eigenvalue weighted by Gasteiger charge is -2.24. The van der Waals surface area contributed by atoms with E-state index in [1.165, 1.54) is 41.7 Å². The summed E-state index contributed by atoms with van der Waals surface area (Å²) in [6, 6.07) is 2.64. The summed E-state index contributed by atoms with van der Waals surface area (Å²) in [7, 11) is -13.9. The maximum absolute atomic E-state index is 13.5. The zero-order chi connectivity index (χ0) is 43.9. The Bertz CT molecular complexity index is 2490. The van der Waals surface area contributed by atoms with Crippen molar-refractivity contribution in [2.24, 2.45) is 0 Å². The lowest BCUT2D eigenvalue weighted by Crippen LogP contribution is -2.31. The van der Waals surface area contributed by atoms with E-state index < -0.39 is 110 Å². The van der Waals surface area contributed by atoms with Crippen molar-refractivity contribution in [3.05, 3.63) is 58.1 Å². The quantitative estimate of drug-likeness (QED) is 0.0629. The Labute approximate surface area is 342 Å². The summed E-state index contributed by atoms with van der Waals surface area (Å²) in [6.07, 6.45) is -6.90. The first kappa shape index (κ1) is 44.9. The van der Waals surface area contributed by atoms with Gasteiger partial charge in [0.1, 0.15) is 72.7 Å². The fourth-order valence-electron chi connectivity index (χ4n) is 6.63. The normalized spacial score (nSPS) is 29.7. The number of fused-ring (bicyclic) bond motifs is 1. The van der Waals surface area contributed by atoms with Crippen molar-refractivity contribution in [2.75, 3.05) is 44.1 Å². The molecule has 3 aliphatic heterocycles. The Hall–Kier alpha value is -4.12. The minimum Gasteiger partial charge on any atom is -0.390 e. The van der Waals surface area contributed by atoms with Crippen LogP contribution in [0, 0.1) is 0 Å². The monoisotopic (exact) mass is 923 g/mol. The number of nitrogens with two attached hydrogens (primary N) is 3. The molecule has 0 spiro atoms. The molecular weight excluding hydrogens is 883 g/mol. The van der Waals surface area contributed by atoms with Crippen molar-refractivity contribution in [1.29, 1.82) is 0 Å². The van der Waals surface area contributed by atoms with Gasteiger partial charge in [0.2, 0.25) is 0 Å². The summed E-state index contributed by atoms with van der Waals surface area (Å²) in [5.74, 6) is -0.0817. The van der Waals surface area contributed by atoms with Crippen molar-refractivity contribution >= 4 is 52.1 Å². The van der Waals surface area contributed by atoms with Gasteiger partial charge in [0.15, 0.2) is 11.5 Å². The first-order valence-electron chi connectivity index (χ1n) is 17.9. The zero-order valence-corrected chi connectivity index (χ0v) is 34.2. The fourth-order valence-corrected chi connectivity index (χ4v) is 8.99. The first-order chi connectivity index (χ1) is 28.8. The van der Waals surface area contributed by atoms with E-state index in [4.69, 9.17) is 54.0 Å². The Morgan fingerprint density at radius 3 is 1.70 bits per heavy atom. The lowest BCUT2D eigenvalue weighted by molar-refractivity contribution is -0.0608. The number of phosphoric ester groups is 3. The van der Waals surface area contributed by atoms with Crippen LogP contribution in [0.25, 0.3) is 11.2 Å². The molecule has 4 aromatic rings. The number of nitrogen functional groups attached to an aromatic ring is 3. The second-order valence-corrected chi connectivity index (χ2v) is 18.0. The number of nitrogens with zero attached hydrogens (tertiary/aromatic N) is 8. The molecule has 0 saturated carbocycles. The van der Waals surface area contributed by atoms with Crippen molar-refractivity contribution in [1.82, 2.24) is 38.6 Å². The maximum atomic E-state index is 13.5. The molecule has 0 radical (unpaired) electrons. The van der Waals surface area contributed by atoms with E-state index in [0.29, 0.717) is 0 Å². The van der Waals surface area contributed by atoms with E-state index in [2.05, 4.69) is 29.4 Å². The molecule has 61 heavy (non-hydrogen) atoms. The van der Waals surface area contributed by atoms with Crippen LogP contribution in [0.3, 0.4) is 0 Å². The minimum absolute atomic E-state index is 0.0314. The van der Waals surface area contributed by atoms with Crippen LogP contribution in [0.5, 0.6) is 0 Å². The third-order valence-electron chi connectivity index (χ3n) is 9.56. The molecule has 3 unspecified atom stereocenters. The zero-order valence-electron chi connectivity index (χ0n) is 31.6. The lowest BCUT2D eigenvalue weighted by atomic mass is 10.2. The molecule has 4 aromatic heterocycles. The van der Waals surface area contributed by atoms with Gasteiger partial charge in [-0.15, -0.1) is 0 Å². The van der Waals surface area contributed by atoms with Gasteiger partial charge >= 0.3 is 34.8 Å². The van der Waals surface area contributed by atoms with Crippen LogP contribution in [0.2, 0.25) is 0 Å². The fraction of sp³-hybridized carbons (Fsp3) is 0.552. The molecule has 3 aliphatic rings. The van der Waals surface area contributed by atoms with Gasteiger partial charge in [0, 0.05) is 38.8 Å². The molecule has 3 fully saturated rings. The number of aromatic nitrogens is 8. The van der Waals surface area contributed by atoms with Gasteiger partial charge in [0.25, 0.3) is 0 Å². The Morgan fingerprint density at radius 1 is 0.705 bits per heavy atom. The first-order valence-corrected chi connectivity index (χ1v) is 22.4. The van der Waals surface area contributed by atoms with Crippen molar-refractivity contribution in [3.8, 4) is 0 Å². The number of aliphatic hydroxyl groups excluding tert-OH is 1. The number of hydrogen-bond donors (Lipinski definition) is 7. The third kappa shape index (κ3) is 10.6. The number of ether oxygens (including phenoxy) is 3. The van der Waals surface area contributed by atoms with E-state index in [9.17, 15) is 43.1 Å². The van der Waals surface area contributed by atoms with Gasteiger partial charge in [-0.1, -0.05) is 0 Å². The van der Waals surface area contributed by atoms with Gasteiger partial charge in [0.05, 0.1) is 32.3 Å². The predicted octanol–water partition coefficient (Wildman–Crippen LogP) is -0.922. The molecule has 12 atom stereocenters. The molecule has 0 bridgehead atoms. The summed E-state index contributed by atoms with van der Waals surface area (Å²) in [5.41, 5.74) is 15.9. The molecule has 7 rings (SSSR count). The van der Waals surface area contributed by atoms with Crippen LogP contribution in [-0.2, 0) is 55.0 Å². The molecule has 0 aliphatic carbocycles. The Morgan fingerprint density at radius 2 is 1.18 bits per heavy atom. The molecule has 7 heterocycles. The molecule has 334 valence electrons. The molecular formula is C29H40N11O18P3.